The van der Waals surface area contributed by atoms with Gasteiger partial charge in [0.05, 0.1) is 12.3 Å². The van der Waals surface area contributed by atoms with Gasteiger partial charge in [0.15, 0.2) is 0 Å². The third-order valence-corrected chi connectivity index (χ3v) is 4.29. The maximum Gasteiger partial charge on any atom is 0.319 e. The van der Waals surface area contributed by atoms with E-state index in [4.69, 9.17) is 4.74 Å². The zero-order valence-corrected chi connectivity index (χ0v) is 15.0. The number of hydrogen-bond donors (Lipinski definition) is 2. The van der Waals surface area contributed by atoms with Gasteiger partial charge in [0.1, 0.15) is 11.8 Å². The summed E-state index contributed by atoms with van der Waals surface area (Å²) in [6.07, 6.45) is 0.577. The van der Waals surface area contributed by atoms with Crippen LogP contribution in [0, 0.1) is 6.92 Å². The van der Waals surface area contributed by atoms with Crippen molar-refractivity contribution in [3.63, 3.8) is 0 Å². The Morgan fingerprint density at radius 3 is 2.65 bits per heavy atom. The number of hydrogen-bond acceptors (Lipinski definition) is 3. The molecular weight excluding hydrogens is 330 g/mol. The predicted octanol–water partition coefficient (Wildman–Crippen LogP) is 3.32. The molecule has 1 fully saturated rings. The number of rotatable bonds is 5. The van der Waals surface area contributed by atoms with Crippen LogP contribution in [0.15, 0.2) is 48.5 Å². The molecule has 0 unspecified atom stereocenters. The molecule has 0 spiro atoms. The van der Waals surface area contributed by atoms with E-state index >= 15 is 0 Å². The number of nitrogens with zero attached hydrogens (tertiary/aromatic N) is 1. The lowest BCUT2D eigenvalue weighted by atomic mass is 10.2. The monoisotopic (exact) mass is 353 g/mol. The molecular formula is C20H23N3O3. The summed E-state index contributed by atoms with van der Waals surface area (Å²) in [5, 5.41) is 5.52. The van der Waals surface area contributed by atoms with Gasteiger partial charge in [-0.25, -0.2) is 4.79 Å². The number of nitrogens with one attached hydrogen (secondary N) is 2. The smallest absolute Gasteiger partial charge is 0.319 e. The number of anilines is 2. The fourth-order valence-corrected chi connectivity index (χ4v) is 2.96. The minimum Gasteiger partial charge on any atom is -0.492 e. The molecule has 1 saturated heterocycles. The van der Waals surface area contributed by atoms with Gasteiger partial charge in [-0.2, -0.15) is 0 Å². The SMILES string of the molecule is CCOc1ccccc1NC(=O)N[C@@H]1CCN(c2ccc(C)cc2)C1=O. The van der Waals surface area contributed by atoms with Crippen LogP contribution in [-0.2, 0) is 4.79 Å². The van der Waals surface area contributed by atoms with E-state index in [1.54, 1.807) is 17.0 Å². The summed E-state index contributed by atoms with van der Waals surface area (Å²) in [5.74, 6) is 0.506. The standard InChI is InChI=1S/C20H23N3O3/c1-3-26-18-7-5-4-6-16(18)21-20(25)22-17-12-13-23(19(17)24)15-10-8-14(2)9-11-15/h4-11,17H,3,12-13H2,1-2H3,(H2,21,22,25)/t17-/m1/s1. The molecule has 1 aliphatic heterocycles. The van der Waals surface area contributed by atoms with Gasteiger partial charge in [-0.15, -0.1) is 0 Å². The van der Waals surface area contributed by atoms with Crippen molar-refractivity contribution in [2.24, 2.45) is 0 Å². The fourth-order valence-electron chi connectivity index (χ4n) is 2.96. The second kappa shape index (κ2) is 7.91. The number of aryl methyl sites for hydroxylation is 1. The Kier molecular flexibility index (Phi) is 5.41. The molecule has 2 aromatic carbocycles. The van der Waals surface area contributed by atoms with E-state index in [9.17, 15) is 9.59 Å². The highest BCUT2D eigenvalue weighted by molar-refractivity contribution is 6.02. The van der Waals surface area contributed by atoms with Gasteiger partial charge >= 0.3 is 6.03 Å². The fraction of sp³-hybridized carbons (Fsp3) is 0.300. The summed E-state index contributed by atoms with van der Waals surface area (Å²) in [4.78, 5) is 26.6. The van der Waals surface area contributed by atoms with E-state index in [-0.39, 0.29) is 5.91 Å². The summed E-state index contributed by atoms with van der Waals surface area (Å²) in [6.45, 7) is 4.98. The average molecular weight is 353 g/mol. The van der Waals surface area contributed by atoms with Crippen LogP contribution >= 0.6 is 0 Å². The van der Waals surface area contributed by atoms with Crippen LogP contribution in [0.2, 0.25) is 0 Å². The average Bonchev–Trinajstić information content (AvgIpc) is 2.98. The molecule has 2 N–H and O–H groups in total. The summed E-state index contributed by atoms with van der Waals surface area (Å²) in [7, 11) is 0. The summed E-state index contributed by atoms with van der Waals surface area (Å²) >= 11 is 0. The Hall–Kier alpha value is -3.02. The van der Waals surface area contributed by atoms with Crippen molar-refractivity contribution in [3.8, 4) is 5.75 Å². The molecule has 136 valence electrons. The van der Waals surface area contributed by atoms with Gasteiger partial charge < -0.3 is 20.3 Å². The van der Waals surface area contributed by atoms with Gasteiger partial charge in [0, 0.05) is 12.2 Å². The molecule has 0 aliphatic carbocycles. The zero-order valence-electron chi connectivity index (χ0n) is 15.0. The number of carbonyl (C=O) groups is 2. The molecule has 0 bridgehead atoms. The Labute approximate surface area is 153 Å². The van der Waals surface area contributed by atoms with Gasteiger partial charge in [0.2, 0.25) is 5.91 Å². The van der Waals surface area contributed by atoms with Crippen molar-refractivity contribution in [1.29, 1.82) is 0 Å². The molecule has 0 radical (unpaired) electrons. The highest BCUT2D eigenvalue weighted by atomic mass is 16.5. The largest absolute Gasteiger partial charge is 0.492 e. The van der Waals surface area contributed by atoms with Crippen LogP contribution in [0.4, 0.5) is 16.2 Å². The van der Waals surface area contributed by atoms with Crippen molar-refractivity contribution in [2.75, 3.05) is 23.4 Å². The van der Waals surface area contributed by atoms with E-state index in [0.29, 0.717) is 31.0 Å². The maximum atomic E-state index is 12.6. The van der Waals surface area contributed by atoms with Crippen LogP contribution in [0.1, 0.15) is 18.9 Å². The molecule has 1 atom stereocenters. The van der Waals surface area contributed by atoms with Crippen LogP contribution in [-0.4, -0.2) is 31.1 Å². The quantitative estimate of drug-likeness (QED) is 0.866. The third-order valence-electron chi connectivity index (χ3n) is 4.29. The van der Waals surface area contributed by atoms with Crippen molar-refractivity contribution in [1.82, 2.24) is 5.32 Å². The lowest BCUT2D eigenvalue weighted by molar-refractivity contribution is -0.118. The number of ether oxygens (including phenoxy) is 1. The van der Waals surface area contributed by atoms with Crippen LogP contribution < -0.4 is 20.3 Å². The molecule has 2 aromatic rings. The van der Waals surface area contributed by atoms with Gasteiger partial charge in [-0.1, -0.05) is 29.8 Å². The number of urea groups is 1. The van der Waals surface area contributed by atoms with Gasteiger partial charge in [-0.05, 0) is 44.5 Å². The van der Waals surface area contributed by atoms with Crippen molar-refractivity contribution < 1.29 is 14.3 Å². The normalized spacial score (nSPS) is 16.5. The molecule has 1 heterocycles. The van der Waals surface area contributed by atoms with Crippen molar-refractivity contribution in [3.05, 3.63) is 54.1 Å². The molecule has 1 aliphatic rings. The second-order valence-corrected chi connectivity index (χ2v) is 6.19. The van der Waals surface area contributed by atoms with E-state index < -0.39 is 12.1 Å². The van der Waals surface area contributed by atoms with Crippen LogP contribution in [0.25, 0.3) is 0 Å². The topological polar surface area (TPSA) is 70.7 Å². The van der Waals surface area contributed by atoms with Crippen LogP contribution in [0.3, 0.4) is 0 Å². The summed E-state index contributed by atoms with van der Waals surface area (Å²) in [5.41, 5.74) is 2.57. The minimum absolute atomic E-state index is 0.0953. The van der Waals surface area contributed by atoms with E-state index in [0.717, 1.165) is 11.3 Å². The second-order valence-electron chi connectivity index (χ2n) is 6.19. The van der Waals surface area contributed by atoms with E-state index in [1.165, 1.54) is 0 Å². The first-order valence-electron chi connectivity index (χ1n) is 8.76. The molecule has 6 heteroatoms. The number of carbonyl (C=O) groups excluding carboxylic acids is 2. The van der Waals surface area contributed by atoms with E-state index in [1.807, 2.05) is 50.2 Å². The van der Waals surface area contributed by atoms with Crippen LogP contribution in [0.5, 0.6) is 5.75 Å². The molecule has 3 rings (SSSR count). The number of benzene rings is 2. The van der Waals surface area contributed by atoms with E-state index in [2.05, 4.69) is 10.6 Å². The lowest BCUT2D eigenvalue weighted by Crippen LogP contribution is -2.43. The van der Waals surface area contributed by atoms with Gasteiger partial charge in [-0.3, -0.25) is 4.79 Å². The first kappa shape index (κ1) is 17.8. The molecule has 0 aromatic heterocycles. The molecule has 26 heavy (non-hydrogen) atoms. The Balaban J connectivity index is 1.62. The summed E-state index contributed by atoms with van der Waals surface area (Å²) < 4.78 is 5.50. The lowest BCUT2D eigenvalue weighted by Gasteiger charge is -2.18. The zero-order chi connectivity index (χ0) is 18.5. The Bertz CT molecular complexity index is 789. The third kappa shape index (κ3) is 3.96. The summed E-state index contributed by atoms with van der Waals surface area (Å²) in [6, 6.07) is 14.1. The predicted molar refractivity (Wildman–Crippen MR) is 102 cm³/mol. The molecule has 0 saturated carbocycles. The Morgan fingerprint density at radius 1 is 1.19 bits per heavy atom. The van der Waals surface area contributed by atoms with Crippen molar-refractivity contribution in [2.45, 2.75) is 26.3 Å². The highest BCUT2D eigenvalue weighted by Gasteiger charge is 2.33. The minimum atomic E-state index is -0.532. The molecule has 3 amide bonds. The highest BCUT2D eigenvalue weighted by Crippen LogP contribution is 2.24. The first-order chi connectivity index (χ1) is 12.6. The first-order valence-corrected chi connectivity index (χ1v) is 8.76. The number of amides is 3. The Morgan fingerprint density at radius 2 is 1.92 bits per heavy atom. The van der Waals surface area contributed by atoms with Gasteiger partial charge in [0.25, 0.3) is 0 Å². The van der Waals surface area contributed by atoms with Crippen molar-refractivity contribution >= 4 is 23.3 Å². The number of para-hydroxylation sites is 2. The maximum absolute atomic E-state index is 12.6. The molecule has 6 nitrogen and oxygen atoms in total.